The SMILES string of the molecule is C=C1CC(C(=O)OCC)C(C)(C)C1C. The number of allylic oxidation sites excluding steroid dienone is 1. The van der Waals surface area contributed by atoms with Crippen LogP contribution in [0.1, 0.15) is 34.1 Å². The average Bonchev–Trinajstić information content (AvgIpc) is 2.30. The van der Waals surface area contributed by atoms with E-state index in [1.54, 1.807) is 0 Å². The zero-order valence-corrected chi connectivity index (χ0v) is 9.59. The Balaban J connectivity index is 2.81. The van der Waals surface area contributed by atoms with Crippen LogP contribution < -0.4 is 0 Å². The van der Waals surface area contributed by atoms with Crippen molar-refractivity contribution in [2.75, 3.05) is 6.61 Å². The van der Waals surface area contributed by atoms with E-state index in [-0.39, 0.29) is 17.3 Å². The monoisotopic (exact) mass is 196 g/mol. The van der Waals surface area contributed by atoms with Gasteiger partial charge in [0, 0.05) is 0 Å². The van der Waals surface area contributed by atoms with Gasteiger partial charge in [0.2, 0.25) is 0 Å². The van der Waals surface area contributed by atoms with Crippen LogP contribution in [-0.2, 0) is 9.53 Å². The Morgan fingerprint density at radius 1 is 1.64 bits per heavy atom. The number of carbonyl (C=O) groups excluding carboxylic acids is 1. The molecule has 0 N–H and O–H groups in total. The molecule has 2 heteroatoms. The maximum atomic E-state index is 11.7. The molecule has 0 aromatic rings. The first-order chi connectivity index (χ1) is 6.41. The van der Waals surface area contributed by atoms with Gasteiger partial charge in [-0.05, 0) is 24.7 Å². The molecular weight excluding hydrogens is 176 g/mol. The molecule has 1 aliphatic rings. The quantitative estimate of drug-likeness (QED) is 0.501. The van der Waals surface area contributed by atoms with Gasteiger partial charge in [-0.15, -0.1) is 0 Å². The predicted octanol–water partition coefficient (Wildman–Crippen LogP) is 2.79. The Morgan fingerprint density at radius 2 is 2.21 bits per heavy atom. The van der Waals surface area contributed by atoms with Crippen molar-refractivity contribution in [3.8, 4) is 0 Å². The first kappa shape index (κ1) is 11.3. The summed E-state index contributed by atoms with van der Waals surface area (Å²) in [5.41, 5.74) is 1.16. The van der Waals surface area contributed by atoms with Crippen molar-refractivity contribution in [2.24, 2.45) is 17.3 Å². The second-order valence-corrected chi connectivity index (χ2v) is 4.71. The molecule has 1 aliphatic carbocycles. The van der Waals surface area contributed by atoms with Gasteiger partial charge >= 0.3 is 5.97 Å². The number of carbonyl (C=O) groups is 1. The van der Waals surface area contributed by atoms with E-state index in [0.29, 0.717) is 12.5 Å². The van der Waals surface area contributed by atoms with Gasteiger partial charge in [-0.1, -0.05) is 32.9 Å². The van der Waals surface area contributed by atoms with Crippen molar-refractivity contribution in [1.82, 2.24) is 0 Å². The summed E-state index contributed by atoms with van der Waals surface area (Å²) < 4.78 is 5.08. The standard InChI is InChI=1S/C12H20O2/c1-6-14-11(13)10-7-8(2)9(3)12(10,4)5/h9-10H,2,6-7H2,1,3-5H3. The Morgan fingerprint density at radius 3 is 2.57 bits per heavy atom. The summed E-state index contributed by atoms with van der Waals surface area (Å²) in [6, 6.07) is 0. The first-order valence-electron chi connectivity index (χ1n) is 5.25. The third-order valence-corrected chi connectivity index (χ3v) is 3.66. The molecule has 0 radical (unpaired) electrons. The number of rotatable bonds is 2. The van der Waals surface area contributed by atoms with Crippen LogP contribution in [0.25, 0.3) is 0 Å². The minimum Gasteiger partial charge on any atom is -0.466 e. The maximum absolute atomic E-state index is 11.7. The molecule has 0 aromatic carbocycles. The van der Waals surface area contributed by atoms with Crippen LogP contribution in [0.3, 0.4) is 0 Å². The fraction of sp³-hybridized carbons (Fsp3) is 0.750. The molecule has 0 aromatic heterocycles. The lowest BCUT2D eigenvalue weighted by atomic mass is 9.76. The molecular formula is C12H20O2. The number of esters is 1. The van der Waals surface area contributed by atoms with Gasteiger partial charge in [-0.3, -0.25) is 4.79 Å². The highest BCUT2D eigenvalue weighted by atomic mass is 16.5. The van der Waals surface area contributed by atoms with Crippen LogP contribution in [-0.4, -0.2) is 12.6 Å². The van der Waals surface area contributed by atoms with E-state index in [9.17, 15) is 4.79 Å². The average molecular weight is 196 g/mol. The molecule has 0 saturated heterocycles. The van der Waals surface area contributed by atoms with Gasteiger partial charge in [0.05, 0.1) is 12.5 Å². The zero-order valence-electron chi connectivity index (χ0n) is 9.59. The summed E-state index contributed by atoms with van der Waals surface area (Å²) in [4.78, 5) is 11.7. The predicted molar refractivity (Wildman–Crippen MR) is 56.8 cm³/mol. The van der Waals surface area contributed by atoms with Crippen LogP contribution in [0.5, 0.6) is 0 Å². The van der Waals surface area contributed by atoms with Crippen molar-refractivity contribution in [1.29, 1.82) is 0 Å². The fourth-order valence-electron chi connectivity index (χ4n) is 2.16. The van der Waals surface area contributed by atoms with E-state index in [0.717, 1.165) is 6.42 Å². The van der Waals surface area contributed by atoms with Crippen molar-refractivity contribution in [2.45, 2.75) is 34.1 Å². The third kappa shape index (κ3) is 1.70. The minimum atomic E-state index is -0.0667. The summed E-state index contributed by atoms with van der Waals surface area (Å²) in [6.07, 6.45) is 0.785. The molecule has 0 bridgehead atoms. The molecule has 0 spiro atoms. The molecule has 0 heterocycles. The van der Waals surface area contributed by atoms with Gasteiger partial charge in [-0.2, -0.15) is 0 Å². The molecule has 1 rings (SSSR count). The normalized spacial score (nSPS) is 30.4. The molecule has 2 unspecified atom stereocenters. The molecule has 2 nitrogen and oxygen atoms in total. The van der Waals surface area contributed by atoms with Crippen molar-refractivity contribution in [3.05, 3.63) is 12.2 Å². The molecule has 0 aliphatic heterocycles. The highest BCUT2D eigenvalue weighted by Crippen LogP contribution is 2.49. The minimum absolute atomic E-state index is 0.00931. The topological polar surface area (TPSA) is 26.3 Å². The van der Waals surface area contributed by atoms with Crippen LogP contribution in [0.15, 0.2) is 12.2 Å². The van der Waals surface area contributed by atoms with Gasteiger partial charge in [0.25, 0.3) is 0 Å². The molecule has 0 amide bonds. The Kier molecular flexibility index (Phi) is 3.03. The van der Waals surface area contributed by atoms with E-state index in [1.807, 2.05) is 6.92 Å². The number of ether oxygens (including phenoxy) is 1. The van der Waals surface area contributed by atoms with E-state index < -0.39 is 0 Å². The Hall–Kier alpha value is -0.790. The second kappa shape index (κ2) is 3.76. The van der Waals surface area contributed by atoms with Gasteiger partial charge in [-0.25, -0.2) is 0 Å². The van der Waals surface area contributed by atoms with Crippen molar-refractivity contribution in [3.63, 3.8) is 0 Å². The lowest BCUT2D eigenvalue weighted by molar-refractivity contribution is -0.151. The summed E-state index contributed by atoms with van der Waals surface area (Å²) in [5, 5.41) is 0. The molecule has 80 valence electrons. The highest BCUT2D eigenvalue weighted by Gasteiger charge is 2.47. The summed E-state index contributed by atoms with van der Waals surface area (Å²) in [5.74, 6) is 0.324. The summed E-state index contributed by atoms with van der Waals surface area (Å²) >= 11 is 0. The van der Waals surface area contributed by atoms with Gasteiger partial charge < -0.3 is 4.74 Å². The lowest BCUT2D eigenvalue weighted by Gasteiger charge is -2.29. The van der Waals surface area contributed by atoms with Crippen LogP contribution in [0, 0.1) is 17.3 Å². The van der Waals surface area contributed by atoms with E-state index >= 15 is 0 Å². The smallest absolute Gasteiger partial charge is 0.309 e. The van der Waals surface area contributed by atoms with E-state index in [2.05, 4.69) is 27.4 Å². The van der Waals surface area contributed by atoms with E-state index in [1.165, 1.54) is 5.57 Å². The number of hydrogen-bond acceptors (Lipinski definition) is 2. The second-order valence-electron chi connectivity index (χ2n) is 4.71. The van der Waals surface area contributed by atoms with Crippen molar-refractivity contribution >= 4 is 5.97 Å². The van der Waals surface area contributed by atoms with Crippen LogP contribution in [0.2, 0.25) is 0 Å². The fourth-order valence-corrected chi connectivity index (χ4v) is 2.16. The molecule has 2 atom stereocenters. The largest absolute Gasteiger partial charge is 0.466 e. The maximum Gasteiger partial charge on any atom is 0.309 e. The summed E-state index contributed by atoms with van der Waals surface area (Å²) in [6.45, 7) is 12.7. The molecule has 1 fully saturated rings. The zero-order chi connectivity index (χ0) is 10.9. The Bertz CT molecular complexity index is 253. The number of hydrogen-bond donors (Lipinski definition) is 0. The lowest BCUT2D eigenvalue weighted by Crippen LogP contribution is -2.30. The van der Waals surface area contributed by atoms with Crippen molar-refractivity contribution < 1.29 is 9.53 Å². The van der Waals surface area contributed by atoms with Gasteiger partial charge in [0.1, 0.15) is 0 Å². The van der Waals surface area contributed by atoms with Crippen LogP contribution >= 0.6 is 0 Å². The van der Waals surface area contributed by atoms with E-state index in [4.69, 9.17) is 4.74 Å². The Labute approximate surface area is 86.3 Å². The third-order valence-electron chi connectivity index (χ3n) is 3.66. The first-order valence-corrected chi connectivity index (χ1v) is 5.25. The van der Waals surface area contributed by atoms with Crippen LogP contribution in [0.4, 0.5) is 0 Å². The molecule has 14 heavy (non-hydrogen) atoms. The highest BCUT2D eigenvalue weighted by molar-refractivity contribution is 5.74. The molecule has 1 saturated carbocycles. The van der Waals surface area contributed by atoms with Gasteiger partial charge in [0.15, 0.2) is 0 Å². The summed E-state index contributed by atoms with van der Waals surface area (Å²) in [7, 11) is 0.